The van der Waals surface area contributed by atoms with E-state index in [9.17, 15) is 18.1 Å². The summed E-state index contributed by atoms with van der Waals surface area (Å²) in [5, 5.41) is 14.4. The second-order valence-electron chi connectivity index (χ2n) is 8.56. The summed E-state index contributed by atoms with van der Waals surface area (Å²) in [6, 6.07) is 12.3. The van der Waals surface area contributed by atoms with Gasteiger partial charge in [-0.3, -0.25) is 4.98 Å². The second kappa shape index (κ2) is 8.15. The Balaban J connectivity index is 1.40. The Morgan fingerprint density at radius 1 is 1.16 bits per heavy atom. The third-order valence-corrected chi connectivity index (χ3v) is 8.68. The van der Waals surface area contributed by atoms with Crippen molar-refractivity contribution in [2.24, 2.45) is 5.92 Å². The Labute approximate surface area is 186 Å². The maximum absolute atomic E-state index is 13.8. The van der Waals surface area contributed by atoms with Crippen molar-refractivity contribution in [3.63, 3.8) is 0 Å². The number of nitrogens with zero attached hydrogens (tertiary/aromatic N) is 3. The van der Waals surface area contributed by atoms with Gasteiger partial charge in [0, 0.05) is 43.1 Å². The quantitative estimate of drug-likeness (QED) is 0.610. The molecule has 5 rings (SSSR count). The molecule has 1 N–H and O–H groups in total. The lowest BCUT2D eigenvalue weighted by atomic mass is 9.99. The highest BCUT2D eigenvalue weighted by Gasteiger charge is 2.42. The van der Waals surface area contributed by atoms with E-state index in [1.54, 1.807) is 28.8 Å². The molecular weight excluding hydrogens is 427 g/mol. The number of hydrogen-bond acceptors (Lipinski definition) is 5. The van der Waals surface area contributed by atoms with Gasteiger partial charge in [-0.25, -0.2) is 17.1 Å². The molecule has 0 spiro atoms. The summed E-state index contributed by atoms with van der Waals surface area (Å²) in [7, 11) is -3.13. The van der Waals surface area contributed by atoms with Gasteiger partial charge in [0.15, 0.2) is 0 Å². The number of sulfonamides is 1. The molecule has 1 saturated carbocycles. The third kappa shape index (κ3) is 3.94. The lowest BCUT2D eigenvalue weighted by Crippen LogP contribution is -2.32. The van der Waals surface area contributed by atoms with E-state index in [0.717, 1.165) is 46.8 Å². The van der Waals surface area contributed by atoms with Crippen molar-refractivity contribution >= 4 is 26.5 Å². The van der Waals surface area contributed by atoms with Crippen LogP contribution >= 0.6 is 0 Å². The van der Waals surface area contributed by atoms with Crippen molar-refractivity contribution in [2.45, 2.75) is 24.5 Å². The largest absolute Gasteiger partial charge is 0.384 e. The van der Waals surface area contributed by atoms with Crippen molar-refractivity contribution in [3.8, 4) is 17.2 Å². The molecule has 1 aromatic heterocycles. The van der Waals surface area contributed by atoms with Crippen LogP contribution in [0.4, 0.5) is 10.1 Å². The maximum atomic E-state index is 13.8. The molecule has 1 atom stereocenters. The molecule has 2 heterocycles. The van der Waals surface area contributed by atoms with Gasteiger partial charge in [-0.2, -0.15) is 5.26 Å². The van der Waals surface area contributed by atoms with Gasteiger partial charge in [0.25, 0.3) is 0 Å². The van der Waals surface area contributed by atoms with Crippen LogP contribution in [-0.2, 0) is 10.0 Å². The molecule has 1 saturated heterocycles. The fourth-order valence-electron chi connectivity index (χ4n) is 4.33. The van der Waals surface area contributed by atoms with Crippen molar-refractivity contribution < 1.29 is 12.8 Å². The first-order chi connectivity index (χ1) is 15.5. The number of rotatable bonds is 6. The predicted molar refractivity (Wildman–Crippen MR) is 122 cm³/mol. The molecule has 2 fully saturated rings. The van der Waals surface area contributed by atoms with Crippen LogP contribution in [-0.4, -0.2) is 42.6 Å². The van der Waals surface area contributed by atoms with E-state index < -0.39 is 15.8 Å². The first-order valence-corrected chi connectivity index (χ1v) is 12.3. The number of halogens is 1. The van der Waals surface area contributed by atoms with Crippen LogP contribution < -0.4 is 5.32 Å². The lowest BCUT2D eigenvalue weighted by molar-refractivity contribution is 0.460. The Morgan fingerprint density at radius 3 is 2.78 bits per heavy atom. The smallest absolute Gasteiger partial charge is 0.216 e. The summed E-state index contributed by atoms with van der Waals surface area (Å²) in [6.07, 6.45) is 5.91. The number of aromatic nitrogens is 1. The molecule has 164 valence electrons. The molecule has 6 nitrogen and oxygen atoms in total. The molecule has 8 heteroatoms. The van der Waals surface area contributed by atoms with Crippen LogP contribution in [0.2, 0.25) is 0 Å². The number of nitrogens with one attached hydrogen (secondary N) is 1. The minimum absolute atomic E-state index is 0.00903. The highest BCUT2D eigenvalue weighted by molar-refractivity contribution is 7.90. The fourth-order valence-corrected chi connectivity index (χ4v) is 6.26. The molecule has 2 aromatic carbocycles. The van der Waals surface area contributed by atoms with Gasteiger partial charge >= 0.3 is 0 Å². The number of hydrogen-bond donors (Lipinski definition) is 1. The van der Waals surface area contributed by atoms with Crippen molar-refractivity contribution in [3.05, 3.63) is 60.2 Å². The maximum Gasteiger partial charge on any atom is 0.216 e. The van der Waals surface area contributed by atoms with Crippen molar-refractivity contribution in [1.29, 1.82) is 5.26 Å². The minimum Gasteiger partial charge on any atom is -0.384 e. The fraction of sp³-hybridized carbons (Fsp3) is 0.333. The molecule has 1 aliphatic heterocycles. The Bertz CT molecular complexity index is 1330. The molecule has 1 aliphatic carbocycles. The summed E-state index contributed by atoms with van der Waals surface area (Å²) < 4.78 is 40.5. The van der Waals surface area contributed by atoms with E-state index in [1.807, 2.05) is 24.3 Å². The van der Waals surface area contributed by atoms with Gasteiger partial charge in [-0.15, -0.1) is 0 Å². The number of anilines is 1. The lowest BCUT2D eigenvalue weighted by Gasteiger charge is -2.18. The van der Waals surface area contributed by atoms with E-state index in [1.165, 1.54) is 6.07 Å². The average molecular weight is 451 g/mol. The summed E-state index contributed by atoms with van der Waals surface area (Å²) in [4.78, 5) is 4.25. The highest BCUT2D eigenvalue weighted by Crippen LogP contribution is 2.35. The van der Waals surface area contributed by atoms with Crippen LogP contribution in [0.1, 0.15) is 24.8 Å². The van der Waals surface area contributed by atoms with E-state index in [2.05, 4.69) is 10.3 Å². The van der Waals surface area contributed by atoms with Crippen LogP contribution in [0.25, 0.3) is 21.9 Å². The molecule has 32 heavy (non-hydrogen) atoms. The van der Waals surface area contributed by atoms with Crippen LogP contribution in [0.15, 0.2) is 48.8 Å². The van der Waals surface area contributed by atoms with E-state index in [0.29, 0.717) is 19.6 Å². The number of fused-ring (bicyclic) bond motifs is 1. The second-order valence-corrected chi connectivity index (χ2v) is 10.8. The molecule has 0 amide bonds. The van der Waals surface area contributed by atoms with Crippen LogP contribution in [0.5, 0.6) is 0 Å². The molecule has 0 bridgehead atoms. The van der Waals surface area contributed by atoms with Gasteiger partial charge in [0.1, 0.15) is 11.9 Å². The van der Waals surface area contributed by atoms with E-state index >= 15 is 0 Å². The zero-order valence-electron chi connectivity index (χ0n) is 17.5. The van der Waals surface area contributed by atoms with Crippen molar-refractivity contribution in [2.75, 3.05) is 25.0 Å². The van der Waals surface area contributed by atoms with Gasteiger partial charge < -0.3 is 5.32 Å². The summed E-state index contributed by atoms with van der Waals surface area (Å²) in [5.41, 5.74) is 2.52. The zero-order chi connectivity index (χ0) is 22.3. The normalized spacial score (nSPS) is 19.2. The highest BCUT2D eigenvalue weighted by atomic mass is 32.2. The SMILES string of the molecule is N#Cc1cc(-c2cc(NCC3CCN(S(=O)(=O)C4CC4)C3)c3cnccc3c2)ccc1F. The monoisotopic (exact) mass is 450 g/mol. The molecule has 1 unspecified atom stereocenters. The topological polar surface area (TPSA) is 86.1 Å². The van der Waals surface area contributed by atoms with Crippen molar-refractivity contribution in [1.82, 2.24) is 9.29 Å². The minimum atomic E-state index is -3.13. The van der Waals surface area contributed by atoms with Gasteiger partial charge in [0.05, 0.1) is 10.8 Å². The van der Waals surface area contributed by atoms with Crippen LogP contribution in [0.3, 0.4) is 0 Å². The zero-order valence-corrected chi connectivity index (χ0v) is 18.3. The predicted octanol–water partition coefficient (Wildman–Crippen LogP) is 4.14. The van der Waals surface area contributed by atoms with Gasteiger partial charge in [-0.05, 0) is 72.0 Å². The van der Waals surface area contributed by atoms with Gasteiger partial charge in [-0.1, -0.05) is 6.07 Å². The molecule has 2 aliphatic rings. The average Bonchev–Trinajstić information content (AvgIpc) is 3.56. The standard InChI is InChI=1S/C24H23FN4O2S/c25-23-4-1-17(9-20(23)12-26)19-10-18-5-7-27-14-22(18)24(11-19)28-13-16-6-8-29(15-16)32(30,31)21-2-3-21/h1,4-5,7,9-11,14,16,21,28H,2-3,6,8,13,15H2. The number of nitriles is 1. The van der Waals surface area contributed by atoms with Crippen LogP contribution in [0, 0.1) is 23.1 Å². The molecular formula is C24H23FN4O2S. The Kier molecular flexibility index (Phi) is 5.31. The summed E-state index contributed by atoms with van der Waals surface area (Å²) in [5.74, 6) is -0.304. The van der Waals surface area contributed by atoms with E-state index in [-0.39, 0.29) is 16.7 Å². The first-order valence-electron chi connectivity index (χ1n) is 10.8. The third-order valence-electron chi connectivity index (χ3n) is 6.31. The molecule has 3 aromatic rings. The van der Waals surface area contributed by atoms with Gasteiger partial charge in [0.2, 0.25) is 10.0 Å². The van der Waals surface area contributed by atoms with E-state index in [4.69, 9.17) is 0 Å². The number of benzene rings is 2. The Hall–Kier alpha value is -3.02. The number of pyridine rings is 1. The Morgan fingerprint density at radius 2 is 2.00 bits per heavy atom. The first kappa shape index (κ1) is 20.9. The summed E-state index contributed by atoms with van der Waals surface area (Å²) in [6.45, 7) is 1.78. The summed E-state index contributed by atoms with van der Waals surface area (Å²) >= 11 is 0. The molecule has 0 radical (unpaired) electrons.